The van der Waals surface area contributed by atoms with E-state index in [0.717, 1.165) is 0 Å². The minimum Gasteiger partial charge on any atom is -0.381 e. The zero-order valence-corrected chi connectivity index (χ0v) is 11.0. The highest BCUT2D eigenvalue weighted by Crippen LogP contribution is 2.11. The maximum absolute atomic E-state index is 11.9. The fraction of sp³-hybridized carbons (Fsp3) is 1.00. The summed E-state index contributed by atoms with van der Waals surface area (Å²) in [6, 6.07) is 0. The first-order valence-corrected chi connectivity index (χ1v) is 7.47. The lowest BCUT2D eigenvalue weighted by atomic mass is 10.3. The van der Waals surface area contributed by atoms with Crippen molar-refractivity contribution < 1.29 is 17.9 Å². The van der Waals surface area contributed by atoms with Gasteiger partial charge >= 0.3 is 0 Å². The molecule has 1 unspecified atom stereocenters. The molecule has 0 bridgehead atoms. The van der Waals surface area contributed by atoms with E-state index in [2.05, 4.69) is 0 Å². The van der Waals surface area contributed by atoms with Crippen LogP contribution in [0.3, 0.4) is 0 Å². The van der Waals surface area contributed by atoms with Crippen LogP contribution in [0.5, 0.6) is 0 Å². The van der Waals surface area contributed by atoms with E-state index < -0.39 is 10.0 Å². The lowest BCUT2D eigenvalue weighted by molar-refractivity contribution is 0.0120. The number of sulfonamides is 1. The van der Waals surface area contributed by atoms with Gasteiger partial charge in [-0.25, -0.2) is 8.42 Å². The number of hydrogen-bond donors (Lipinski definition) is 0. The highest BCUT2D eigenvalue weighted by molar-refractivity contribution is 7.89. The average molecular weight is 272 g/mol. The molecule has 0 radical (unpaired) electrons. The number of morpholine rings is 1. The van der Waals surface area contributed by atoms with E-state index in [9.17, 15) is 8.42 Å². The van der Waals surface area contributed by atoms with Crippen molar-refractivity contribution in [3.8, 4) is 0 Å². The predicted molar refractivity (Wildman–Crippen MR) is 62.3 cm³/mol. The second-order valence-electron chi connectivity index (χ2n) is 3.52. The summed E-state index contributed by atoms with van der Waals surface area (Å²) in [7, 11) is -3.23. The quantitative estimate of drug-likeness (QED) is 0.515. The van der Waals surface area contributed by atoms with E-state index in [1.54, 1.807) is 0 Å². The Hall–Kier alpha value is 0.120. The molecular weight excluding hydrogens is 254 g/mol. The molecule has 1 atom stereocenters. The number of alkyl halides is 1. The molecule has 16 heavy (non-hydrogen) atoms. The number of rotatable bonds is 6. The minimum atomic E-state index is -3.23. The summed E-state index contributed by atoms with van der Waals surface area (Å²) in [5.74, 6) is 0.341. The van der Waals surface area contributed by atoms with Crippen molar-refractivity contribution in [1.82, 2.24) is 4.31 Å². The van der Waals surface area contributed by atoms with Crippen LogP contribution in [0.25, 0.3) is 0 Å². The maximum Gasteiger partial charge on any atom is 0.216 e. The molecule has 0 aromatic heterocycles. The van der Waals surface area contributed by atoms with Gasteiger partial charge in [-0.1, -0.05) is 0 Å². The van der Waals surface area contributed by atoms with Crippen LogP contribution in [0.15, 0.2) is 0 Å². The largest absolute Gasteiger partial charge is 0.381 e. The van der Waals surface area contributed by atoms with Gasteiger partial charge in [-0.2, -0.15) is 4.31 Å². The third kappa shape index (κ3) is 4.18. The van der Waals surface area contributed by atoms with E-state index in [1.807, 2.05) is 6.92 Å². The Balaban J connectivity index is 2.47. The first kappa shape index (κ1) is 14.2. The van der Waals surface area contributed by atoms with Crippen molar-refractivity contribution in [3.63, 3.8) is 0 Å². The van der Waals surface area contributed by atoms with Crippen molar-refractivity contribution in [2.24, 2.45) is 0 Å². The van der Waals surface area contributed by atoms with E-state index in [0.29, 0.717) is 32.2 Å². The van der Waals surface area contributed by atoms with Crippen LogP contribution in [0.4, 0.5) is 0 Å². The Morgan fingerprint density at radius 3 is 2.94 bits per heavy atom. The number of hydrogen-bond acceptors (Lipinski definition) is 4. The van der Waals surface area contributed by atoms with Crippen molar-refractivity contribution in [3.05, 3.63) is 0 Å². The highest BCUT2D eigenvalue weighted by atomic mass is 35.5. The normalized spacial score (nSPS) is 23.5. The van der Waals surface area contributed by atoms with E-state index >= 15 is 0 Å². The summed E-state index contributed by atoms with van der Waals surface area (Å²) in [6.07, 6.45) is -0.197. The molecule has 1 aliphatic rings. The van der Waals surface area contributed by atoms with Crippen molar-refractivity contribution in [2.45, 2.75) is 13.0 Å². The summed E-state index contributed by atoms with van der Waals surface area (Å²) in [5.41, 5.74) is 0. The zero-order valence-electron chi connectivity index (χ0n) is 9.39. The van der Waals surface area contributed by atoms with Gasteiger partial charge in [0.15, 0.2) is 0 Å². The first-order chi connectivity index (χ1) is 7.60. The molecule has 0 aromatic rings. The molecule has 7 heteroatoms. The van der Waals surface area contributed by atoms with E-state index in [-0.39, 0.29) is 18.5 Å². The fourth-order valence-corrected chi connectivity index (χ4v) is 3.00. The Morgan fingerprint density at radius 1 is 1.56 bits per heavy atom. The third-order valence-electron chi connectivity index (χ3n) is 2.36. The molecule has 0 saturated carbocycles. The molecule has 0 spiro atoms. The van der Waals surface area contributed by atoms with Gasteiger partial charge in [0.2, 0.25) is 10.0 Å². The van der Waals surface area contributed by atoms with Gasteiger partial charge in [-0.3, -0.25) is 0 Å². The summed E-state index contributed by atoms with van der Waals surface area (Å²) < 4.78 is 35.5. The summed E-state index contributed by atoms with van der Waals surface area (Å²) in [4.78, 5) is 0. The van der Waals surface area contributed by atoms with Crippen LogP contribution in [0.2, 0.25) is 0 Å². The zero-order chi connectivity index (χ0) is 12.0. The van der Waals surface area contributed by atoms with Crippen LogP contribution in [0, 0.1) is 0 Å². The van der Waals surface area contributed by atoms with Gasteiger partial charge in [0.1, 0.15) is 0 Å². The van der Waals surface area contributed by atoms with Crippen LogP contribution >= 0.6 is 11.6 Å². The monoisotopic (exact) mass is 271 g/mol. The average Bonchev–Trinajstić information content (AvgIpc) is 2.29. The van der Waals surface area contributed by atoms with Gasteiger partial charge in [-0.05, 0) is 6.92 Å². The lowest BCUT2D eigenvalue weighted by Crippen LogP contribution is -2.47. The SMILES string of the molecule is CCOCCS(=O)(=O)N1CCOC(CCl)C1. The molecule has 5 nitrogen and oxygen atoms in total. The molecule has 1 saturated heterocycles. The van der Waals surface area contributed by atoms with Gasteiger partial charge in [0.25, 0.3) is 0 Å². The van der Waals surface area contributed by atoms with Gasteiger partial charge in [0, 0.05) is 25.6 Å². The van der Waals surface area contributed by atoms with Crippen molar-refractivity contribution in [1.29, 1.82) is 0 Å². The number of halogens is 1. The van der Waals surface area contributed by atoms with Crippen molar-refractivity contribution >= 4 is 21.6 Å². The van der Waals surface area contributed by atoms with Crippen LogP contribution in [0.1, 0.15) is 6.92 Å². The number of nitrogens with zero attached hydrogens (tertiary/aromatic N) is 1. The minimum absolute atomic E-state index is 0.0237. The predicted octanol–water partition coefficient (Wildman–Crippen LogP) is 0.292. The molecule has 0 amide bonds. The Morgan fingerprint density at radius 2 is 2.31 bits per heavy atom. The first-order valence-electron chi connectivity index (χ1n) is 5.33. The number of ether oxygens (including phenoxy) is 2. The van der Waals surface area contributed by atoms with E-state index in [4.69, 9.17) is 21.1 Å². The second-order valence-corrected chi connectivity index (χ2v) is 5.92. The molecule has 96 valence electrons. The summed E-state index contributed by atoms with van der Waals surface area (Å²) in [6.45, 7) is 3.76. The summed E-state index contributed by atoms with van der Waals surface area (Å²) in [5, 5.41) is 0. The highest BCUT2D eigenvalue weighted by Gasteiger charge is 2.28. The molecule has 0 aromatic carbocycles. The molecule has 1 rings (SSSR count). The van der Waals surface area contributed by atoms with Gasteiger partial charge in [-0.15, -0.1) is 11.6 Å². The summed E-state index contributed by atoms with van der Waals surface area (Å²) >= 11 is 5.65. The topological polar surface area (TPSA) is 55.8 Å². The molecule has 1 fully saturated rings. The maximum atomic E-state index is 11.9. The molecular formula is C9H18ClNO4S. The Kier molecular flexibility index (Phi) is 5.99. The van der Waals surface area contributed by atoms with Crippen molar-refractivity contribution in [2.75, 3.05) is 44.5 Å². The Bertz CT molecular complexity index is 296. The fourth-order valence-electron chi connectivity index (χ4n) is 1.48. The van der Waals surface area contributed by atoms with Gasteiger partial charge in [0.05, 0.1) is 25.1 Å². The standard InChI is InChI=1S/C9H18ClNO4S/c1-2-14-5-6-16(12,13)11-3-4-15-9(7-10)8-11/h9H,2-8H2,1H3. The van der Waals surface area contributed by atoms with Crippen LogP contribution < -0.4 is 0 Å². The Labute approximate surface area is 102 Å². The smallest absolute Gasteiger partial charge is 0.216 e. The van der Waals surface area contributed by atoms with E-state index in [1.165, 1.54) is 4.31 Å². The molecule has 0 aliphatic carbocycles. The lowest BCUT2D eigenvalue weighted by Gasteiger charge is -2.31. The molecule has 0 N–H and O–H groups in total. The second kappa shape index (κ2) is 6.76. The van der Waals surface area contributed by atoms with Crippen LogP contribution in [-0.4, -0.2) is 63.4 Å². The van der Waals surface area contributed by atoms with Gasteiger partial charge < -0.3 is 9.47 Å². The molecule has 1 aliphatic heterocycles. The molecule has 1 heterocycles. The van der Waals surface area contributed by atoms with Crippen LogP contribution in [-0.2, 0) is 19.5 Å². The third-order valence-corrected chi connectivity index (χ3v) is 4.50.